The van der Waals surface area contributed by atoms with Crippen molar-refractivity contribution in [2.24, 2.45) is 0 Å². The number of halogens is 1. The van der Waals surface area contributed by atoms with Crippen molar-refractivity contribution < 1.29 is 13.9 Å². The molecule has 160 valence electrons. The zero-order chi connectivity index (χ0) is 22.4. The molecular formula is C23H24FN5O2. The van der Waals surface area contributed by atoms with Gasteiger partial charge in [-0.15, -0.1) is 0 Å². The first-order valence-corrected chi connectivity index (χ1v) is 9.89. The van der Waals surface area contributed by atoms with E-state index in [0.717, 1.165) is 11.1 Å². The highest BCUT2D eigenvalue weighted by molar-refractivity contribution is 5.77. The third kappa shape index (κ3) is 5.39. The quantitative estimate of drug-likeness (QED) is 0.543. The summed E-state index contributed by atoms with van der Waals surface area (Å²) in [7, 11) is 0. The van der Waals surface area contributed by atoms with Crippen LogP contribution in [0, 0.1) is 31.0 Å². The second kappa shape index (κ2) is 9.76. The van der Waals surface area contributed by atoms with Gasteiger partial charge in [-0.05, 0) is 62.6 Å². The van der Waals surface area contributed by atoms with Crippen molar-refractivity contribution in [3.05, 3.63) is 70.7 Å². The molecule has 3 aromatic rings. The Kier molecular flexibility index (Phi) is 6.88. The second-order valence-electron chi connectivity index (χ2n) is 7.22. The molecule has 0 atom stereocenters. The van der Waals surface area contributed by atoms with E-state index in [1.807, 2.05) is 32.0 Å². The van der Waals surface area contributed by atoms with Crippen molar-refractivity contribution in [2.45, 2.75) is 26.7 Å². The lowest BCUT2D eigenvalue weighted by Gasteiger charge is -2.10. The Morgan fingerprint density at radius 2 is 2.00 bits per heavy atom. The molecule has 8 heteroatoms. The molecule has 0 bridgehead atoms. The Bertz CT molecular complexity index is 1120. The number of carbonyl (C=O) groups is 1. The Hall–Kier alpha value is -3.86. The fourth-order valence-corrected chi connectivity index (χ4v) is 3.19. The first-order valence-electron chi connectivity index (χ1n) is 9.89. The van der Waals surface area contributed by atoms with Crippen molar-refractivity contribution >= 4 is 11.7 Å². The fourth-order valence-electron chi connectivity index (χ4n) is 3.19. The number of aryl methyl sites for hydroxylation is 3. The van der Waals surface area contributed by atoms with E-state index in [9.17, 15) is 14.4 Å². The number of nitrogens with two attached hydrogens (primary N) is 1. The number of nitriles is 1. The summed E-state index contributed by atoms with van der Waals surface area (Å²) in [4.78, 5) is 12.0. The number of rotatable bonds is 8. The second-order valence-corrected chi connectivity index (χ2v) is 7.22. The molecule has 0 aliphatic carbocycles. The molecule has 3 N–H and O–H groups in total. The molecule has 0 spiro atoms. The predicted octanol–water partition coefficient (Wildman–Crippen LogP) is 3.21. The summed E-state index contributed by atoms with van der Waals surface area (Å²) in [5.74, 6) is 0.292. The number of amides is 1. The summed E-state index contributed by atoms with van der Waals surface area (Å²) < 4.78 is 20.1. The Labute approximate surface area is 180 Å². The van der Waals surface area contributed by atoms with Crippen LogP contribution in [0.4, 0.5) is 10.2 Å². The normalized spacial score (nSPS) is 10.5. The van der Waals surface area contributed by atoms with Gasteiger partial charge in [0.1, 0.15) is 29.0 Å². The SMILES string of the molecule is Cc1ccc(OCC(=O)NCCCc2nn(-c3ccc(F)cc3)c(N)c2C#N)c(C)c1. The maximum atomic E-state index is 13.2. The molecular weight excluding hydrogens is 397 g/mol. The van der Waals surface area contributed by atoms with Gasteiger partial charge in [-0.2, -0.15) is 10.4 Å². The smallest absolute Gasteiger partial charge is 0.257 e. The number of benzene rings is 2. The van der Waals surface area contributed by atoms with Crippen LogP contribution in [-0.2, 0) is 11.2 Å². The van der Waals surface area contributed by atoms with E-state index in [4.69, 9.17) is 10.5 Å². The third-order valence-electron chi connectivity index (χ3n) is 4.78. The summed E-state index contributed by atoms with van der Waals surface area (Å²) in [5, 5.41) is 16.6. The van der Waals surface area contributed by atoms with Gasteiger partial charge in [0.15, 0.2) is 6.61 Å². The molecule has 0 aliphatic rings. The molecule has 0 saturated carbocycles. The van der Waals surface area contributed by atoms with E-state index in [1.54, 1.807) is 12.1 Å². The molecule has 3 rings (SSSR count). The first kappa shape index (κ1) is 21.8. The maximum absolute atomic E-state index is 13.2. The highest BCUT2D eigenvalue weighted by atomic mass is 19.1. The zero-order valence-corrected chi connectivity index (χ0v) is 17.5. The minimum atomic E-state index is -0.368. The number of carbonyl (C=O) groups excluding carboxylic acids is 1. The number of hydrogen-bond donors (Lipinski definition) is 2. The molecule has 2 aromatic carbocycles. The highest BCUT2D eigenvalue weighted by Gasteiger charge is 2.16. The van der Waals surface area contributed by atoms with Crippen LogP contribution < -0.4 is 15.8 Å². The van der Waals surface area contributed by atoms with E-state index in [0.29, 0.717) is 36.5 Å². The van der Waals surface area contributed by atoms with E-state index < -0.39 is 0 Å². The predicted molar refractivity (Wildman–Crippen MR) is 115 cm³/mol. The average Bonchev–Trinajstić information content (AvgIpc) is 3.06. The van der Waals surface area contributed by atoms with Gasteiger partial charge in [-0.3, -0.25) is 4.79 Å². The van der Waals surface area contributed by atoms with Gasteiger partial charge in [0.05, 0.1) is 11.4 Å². The van der Waals surface area contributed by atoms with Crippen LogP contribution in [-0.4, -0.2) is 28.8 Å². The van der Waals surface area contributed by atoms with Crippen molar-refractivity contribution in [3.63, 3.8) is 0 Å². The summed E-state index contributed by atoms with van der Waals surface area (Å²) in [5.41, 5.74) is 9.55. The van der Waals surface area contributed by atoms with E-state index in [-0.39, 0.29) is 29.7 Å². The third-order valence-corrected chi connectivity index (χ3v) is 4.78. The van der Waals surface area contributed by atoms with Crippen LogP contribution in [0.2, 0.25) is 0 Å². The van der Waals surface area contributed by atoms with Crippen LogP contribution in [0.3, 0.4) is 0 Å². The molecule has 1 amide bonds. The van der Waals surface area contributed by atoms with Crippen LogP contribution in [0.15, 0.2) is 42.5 Å². The summed E-state index contributed by atoms with van der Waals surface area (Å²) in [6, 6.07) is 13.5. The van der Waals surface area contributed by atoms with E-state index in [2.05, 4.69) is 16.5 Å². The number of aromatic nitrogens is 2. The van der Waals surface area contributed by atoms with Crippen LogP contribution in [0.1, 0.15) is 28.8 Å². The Balaban J connectivity index is 1.52. The lowest BCUT2D eigenvalue weighted by atomic mass is 10.1. The largest absolute Gasteiger partial charge is 0.484 e. The van der Waals surface area contributed by atoms with Gasteiger partial charge in [-0.25, -0.2) is 9.07 Å². The highest BCUT2D eigenvalue weighted by Crippen LogP contribution is 2.22. The maximum Gasteiger partial charge on any atom is 0.257 e. The summed E-state index contributed by atoms with van der Waals surface area (Å²) in [6.45, 7) is 4.27. The molecule has 1 heterocycles. The lowest BCUT2D eigenvalue weighted by Crippen LogP contribution is -2.30. The number of nitrogens with zero attached hydrogens (tertiary/aromatic N) is 3. The molecule has 0 saturated heterocycles. The molecule has 1 aromatic heterocycles. The molecule has 0 fully saturated rings. The monoisotopic (exact) mass is 421 g/mol. The number of nitrogen functional groups attached to an aromatic ring is 1. The molecule has 0 radical (unpaired) electrons. The van der Waals surface area contributed by atoms with Gasteiger partial charge in [0, 0.05) is 6.54 Å². The van der Waals surface area contributed by atoms with Crippen LogP contribution in [0.5, 0.6) is 5.75 Å². The molecule has 31 heavy (non-hydrogen) atoms. The number of anilines is 1. The lowest BCUT2D eigenvalue weighted by molar-refractivity contribution is -0.123. The number of hydrogen-bond acceptors (Lipinski definition) is 5. The number of nitrogens with one attached hydrogen (secondary N) is 1. The first-order chi connectivity index (χ1) is 14.9. The standard InChI is InChI=1S/C23H24FN5O2/c1-15-5-10-21(16(2)12-15)31-14-22(30)27-11-3-4-20-19(13-25)23(26)29(28-20)18-8-6-17(24)7-9-18/h5-10,12H,3-4,11,14,26H2,1-2H3,(H,27,30). The van der Waals surface area contributed by atoms with Crippen molar-refractivity contribution in [2.75, 3.05) is 18.9 Å². The van der Waals surface area contributed by atoms with Crippen molar-refractivity contribution in [1.82, 2.24) is 15.1 Å². The zero-order valence-electron chi connectivity index (χ0n) is 17.5. The minimum Gasteiger partial charge on any atom is -0.484 e. The van der Waals surface area contributed by atoms with Gasteiger partial charge in [-0.1, -0.05) is 17.7 Å². The summed E-state index contributed by atoms with van der Waals surface area (Å²) in [6.07, 6.45) is 1.03. The van der Waals surface area contributed by atoms with E-state index >= 15 is 0 Å². The van der Waals surface area contributed by atoms with Crippen LogP contribution in [0.25, 0.3) is 5.69 Å². The molecule has 0 unspecified atom stereocenters. The number of ether oxygens (including phenoxy) is 1. The van der Waals surface area contributed by atoms with Gasteiger partial charge >= 0.3 is 0 Å². The Morgan fingerprint density at radius 1 is 1.26 bits per heavy atom. The minimum absolute atomic E-state index is 0.0700. The topological polar surface area (TPSA) is 106 Å². The average molecular weight is 421 g/mol. The van der Waals surface area contributed by atoms with Crippen molar-refractivity contribution in [3.8, 4) is 17.5 Å². The van der Waals surface area contributed by atoms with Crippen LogP contribution >= 0.6 is 0 Å². The van der Waals surface area contributed by atoms with Gasteiger partial charge in [0.2, 0.25) is 0 Å². The molecule has 0 aliphatic heterocycles. The van der Waals surface area contributed by atoms with Crippen molar-refractivity contribution in [1.29, 1.82) is 5.26 Å². The summed E-state index contributed by atoms with van der Waals surface area (Å²) >= 11 is 0. The fraction of sp³-hybridized carbons (Fsp3) is 0.261. The van der Waals surface area contributed by atoms with Gasteiger partial charge in [0.25, 0.3) is 5.91 Å². The van der Waals surface area contributed by atoms with Gasteiger partial charge < -0.3 is 15.8 Å². The Morgan fingerprint density at radius 3 is 2.68 bits per heavy atom. The molecule has 7 nitrogen and oxygen atoms in total. The van der Waals surface area contributed by atoms with E-state index in [1.165, 1.54) is 16.8 Å².